The Morgan fingerprint density at radius 1 is 1.33 bits per heavy atom. The molecule has 24 heavy (non-hydrogen) atoms. The molecule has 0 atom stereocenters. The van der Waals surface area contributed by atoms with Gasteiger partial charge >= 0.3 is 0 Å². The molecular weight excluding hydrogens is 318 g/mol. The minimum Gasteiger partial charge on any atom is -0.354 e. The molecule has 0 bridgehead atoms. The number of pyridine rings is 1. The monoisotopic (exact) mass is 335 g/mol. The lowest BCUT2D eigenvalue weighted by Gasteiger charge is -2.09. The number of nitrogens with zero attached hydrogens (tertiary/aromatic N) is 3. The Kier molecular flexibility index (Phi) is 2.91. The summed E-state index contributed by atoms with van der Waals surface area (Å²) in [6.07, 6.45) is 10.2. The second kappa shape index (κ2) is 5.01. The SMILES string of the molecule is CC1(CNc2ncc3c(-c4cc5cnccc5s4)c[nH]c3n2)CC1. The van der Waals surface area contributed by atoms with Gasteiger partial charge in [0.15, 0.2) is 0 Å². The summed E-state index contributed by atoms with van der Waals surface area (Å²) in [5.41, 5.74) is 2.45. The first-order valence-electron chi connectivity index (χ1n) is 8.12. The highest BCUT2D eigenvalue weighted by Gasteiger charge is 2.36. The van der Waals surface area contributed by atoms with Crippen LogP contribution in [0.1, 0.15) is 19.8 Å². The maximum absolute atomic E-state index is 4.62. The standard InChI is InChI=1S/C18H17N5S/c1-18(3-4-18)10-22-17-21-9-13-12(8-20-16(13)23-17)15-6-11-7-19-5-2-14(11)24-15/h2,5-9H,3-4,10H2,1H3,(H2,20,21,22,23). The van der Waals surface area contributed by atoms with E-state index in [1.165, 1.54) is 27.8 Å². The van der Waals surface area contributed by atoms with Crippen molar-refractivity contribution in [2.75, 3.05) is 11.9 Å². The number of rotatable bonds is 4. The smallest absolute Gasteiger partial charge is 0.224 e. The quantitative estimate of drug-likeness (QED) is 0.578. The van der Waals surface area contributed by atoms with Gasteiger partial charge in [0.25, 0.3) is 0 Å². The van der Waals surface area contributed by atoms with Crippen molar-refractivity contribution in [2.45, 2.75) is 19.8 Å². The summed E-state index contributed by atoms with van der Waals surface area (Å²) in [6.45, 7) is 3.23. The zero-order chi connectivity index (χ0) is 16.1. The van der Waals surface area contributed by atoms with Crippen molar-refractivity contribution in [1.82, 2.24) is 19.9 Å². The van der Waals surface area contributed by atoms with E-state index in [2.05, 4.69) is 44.3 Å². The molecule has 4 aromatic heterocycles. The van der Waals surface area contributed by atoms with Gasteiger partial charge in [-0.1, -0.05) is 6.92 Å². The van der Waals surface area contributed by atoms with Crippen molar-refractivity contribution < 1.29 is 0 Å². The Morgan fingerprint density at radius 3 is 3.08 bits per heavy atom. The highest BCUT2D eigenvalue weighted by atomic mass is 32.1. The van der Waals surface area contributed by atoms with Crippen molar-refractivity contribution in [1.29, 1.82) is 0 Å². The van der Waals surface area contributed by atoms with Crippen LogP contribution >= 0.6 is 11.3 Å². The molecule has 5 rings (SSSR count). The van der Waals surface area contributed by atoms with Gasteiger partial charge < -0.3 is 10.3 Å². The maximum atomic E-state index is 4.62. The second-order valence-electron chi connectivity index (χ2n) is 6.85. The van der Waals surface area contributed by atoms with Crippen LogP contribution in [0.2, 0.25) is 0 Å². The van der Waals surface area contributed by atoms with Gasteiger partial charge in [0, 0.05) is 57.2 Å². The zero-order valence-electron chi connectivity index (χ0n) is 13.3. The molecule has 2 N–H and O–H groups in total. The molecule has 1 aliphatic rings. The number of hydrogen-bond donors (Lipinski definition) is 2. The van der Waals surface area contributed by atoms with Crippen LogP contribution in [0.3, 0.4) is 0 Å². The van der Waals surface area contributed by atoms with Crippen LogP contribution < -0.4 is 5.32 Å². The lowest BCUT2D eigenvalue weighted by atomic mass is 10.1. The highest BCUT2D eigenvalue weighted by Crippen LogP contribution is 2.44. The van der Waals surface area contributed by atoms with Gasteiger partial charge in [-0.2, -0.15) is 4.98 Å². The van der Waals surface area contributed by atoms with E-state index >= 15 is 0 Å². The normalized spacial score (nSPS) is 15.9. The van der Waals surface area contributed by atoms with Crippen LogP contribution in [0.5, 0.6) is 0 Å². The van der Waals surface area contributed by atoms with E-state index in [0.29, 0.717) is 11.4 Å². The van der Waals surface area contributed by atoms with E-state index < -0.39 is 0 Å². The number of anilines is 1. The lowest BCUT2D eigenvalue weighted by Crippen LogP contribution is -2.13. The third-order valence-electron chi connectivity index (χ3n) is 4.79. The summed E-state index contributed by atoms with van der Waals surface area (Å²) in [7, 11) is 0. The fraction of sp³-hybridized carbons (Fsp3) is 0.278. The van der Waals surface area contributed by atoms with Gasteiger partial charge in [-0.25, -0.2) is 4.98 Å². The lowest BCUT2D eigenvalue weighted by molar-refractivity contribution is 0.608. The number of hydrogen-bond acceptors (Lipinski definition) is 5. The Balaban J connectivity index is 1.50. The molecular formula is C18H17N5S. The fourth-order valence-electron chi connectivity index (χ4n) is 2.90. The Bertz CT molecular complexity index is 1010. The van der Waals surface area contributed by atoms with Crippen LogP contribution in [-0.2, 0) is 0 Å². The molecule has 1 saturated carbocycles. The van der Waals surface area contributed by atoms with Crippen LogP contribution in [-0.4, -0.2) is 26.5 Å². The number of aromatic amines is 1. The van der Waals surface area contributed by atoms with Crippen LogP contribution in [0, 0.1) is 5.41 Å². The van der Waals surface area contributed by atoms with Gasteiger partial charge in [0.1, 0.15) is 5.65 Å². The fourth-order valence-corrected chi connectivity index (χ4v) is 3.96. The van der Waals surface area contributed by atoms with Crippen molar-refractivity contribution >= 4 is 38.4 Å². The molecule has 0 spiro atoms. The average Bonchev–Trinajstić information content (AvgIpc) is 3.02. The predicted octanol–water partition coefficient (Wildman–Crippen LogP) is 4.45. The molecule has 1 aliphatic carbocycles. The van der Waals surface area contributed by atoms with Crippen LogP contribution in [0.4, 0.5) is 5.95 Å². The maximum Gasteiger partial charge on any atom is 0.224 e. The minimum absolute atomic E-state index is 0.435. The van der Waals surface area contributed by atoms with Crippen molar-refractivity contribution in [3.05, 3.63) is 36.9 Å². The van der Waals surface area contributed by atoms with E-state index in [0.717, 1.165) is 23.1 Å². The van der Waals surface area contributed by atoms with E-state index in [9.17, 15) is 0 Å². The van der Waals surface area contributed by atoms with Gasteiger partial charge in [0.2, 0.25) is 5.95 Å². The molecule has 0 aromatic carbocycles. The van der Waals surface area contributed by atoms with Gasteiger partial charge in [0.05, 0.1) is 0 Å². The van der Waals surface area contributed by atoms with Crippen molar-refractivity contribution in [2.24, 2.45) is 5.41 Å². The number of H-pyrrole nitrogens is 1. The molecule has 0 aliphatic heterocycles. The van der Waals surface area contributed by atoms with E-state index in [1.54, 1.807) is 11.3 Å². The van der Waals surface area contributed by atoms with Crippen LogP contribution in [0.15, 0.2) is 36.9 Å². The summed E-state index contributed by atoms with van der Waals surface area (Å²) in [4.78, 5) is 17.8. The first-order chi connectivity index (χ1) is 11.7. The molecule has 0 unspecified atom stereocenters. The molecule has 6 heteroatoms. The molecule has 5 nitrogen and oxygen atoms in total. The summed E-state index contributed by atoms with van der Waals surface area (Å²) in [5.74, 6) is 0.699. The third kappa shape index (κ3) is 2.34. The summed E-state index contributed by atoms with van der Waals surface area (Å²) < 4.78 is 1.24. The van der Waals surface area contributed by atoms with Gasteiger partial charge in [-0.3, -0.25) is 4.98 Å². The van der Waals surface area contributed by atoms with Crippen molar-refractivity contribution in [3.8, 4) is 10.4 Å². The molecule has 0 saturated heterocycles. The number of fused-ring (bicyclic) bond motifs is 2. The molecule has 120 valence electrons. The Morgan fingerprint density at radius 2 is 2.25 bits per heavy atom. The van der Waals surface area contributed by atoms with Gasteiger partial charge in [-0.05, 0) is 30.4 Å². The number of nitrogens with one attached hydrogen (secondary N) is 2. The van der Waals surface area contributed by atoms with Gasteiger partial charge in [-0.15, -0.1) is 11.3 Å². The zero-order valence-corrected chi connectivity index (χ0v) is 14.2. The third-order valence-corrected chi connectivity index (χ3v) is 5.94. The largest absolute Gasteiger partial charge is 0.354 e. The topological polar surface area (TPSA) is 66.5 Å². The molecule has 1 fully saturated rings. The Labute approximate surface area is 143 Å². The van der Waals surface area contributed by atoms with E-state index in [-0.39, 0.29) is 0 Å². The van der Waals surface area contributed by atoms with E-state index in [1.807, 2.05) is 24.8 Å². The second-order valence-corrected chi connectivity index (χ2v) is 7.93. The summed E-state index contributed by atoms with van der Waals surface area (Å²) >= 11 is 1.76. The summed E-state index contributed by atoms with van der Waals surface area (Å²) in [5, 5.41) is 5.59. The average molecular weight is 335 g/mol. The molecule has 0 radical (unpaired) electrons. The highest BCUT2D eigenvalue weighted by molar-refractivity contribution is 7.22. The molecule has 4 heterocycles. The minimum atomic E-state index is 0.435. The number of thiophene rings is 1. The number of aromatic nitrogens is 4. The predicted molar refractivity (Wildman–Crippen MR) is 98.3 cm³/mol. The van der Waals surface area contributed by atoms with E-state index in [4.69, 9.17) is 0 Å². The summed E-state index contributed by atoms with van der Waals surface area (Å²) in [6, 6.07) is 4.23. The van der Waals surface area contributed by atoms with Crippen molar-refractivity contribution in [3.63, 3.8) is 0 Å². The van der Waals surface area contributed by atoms with Crippen LogP contribution in [0.25, 0.3) is 31.6 Å². The first kappa shape index (κ1) is 13.9. The Hall–Kier alpha value is -2.47. The molecule has 4 aromatic rings. The first-order valence-corrected chi connectivity index (χ1v) is 8.94. The molecule has 0 amide bonds.